The second-order valence-corrected chi connectivity index (χ2v) is 7.17. The second-order valence-electron chi connectivity index (χ2n) is 7.17. The van der Waals surface area contributed by atoms with Gasteiger partial charge in [-0.1, -0.05) is 18.2 Å². The van der Waals surface area contributed by atoms with Crippen LogP contribution in [0.2, 0.25) is 0 Å². The standard InChI is InChI=1S/C23H25NO3/c1-12-13(2)15(4)21(16(5)14(12)3)23(26)27-11-20(25)22-17(6)24-19-10-8-7-9-18(19)22/h7-10,24H,11H2,1-6H3. The number of carbonyl (C=O) groups is 2. The lowest BCUT2D eigenvalue weighted by molar-refractivity contribution is 0.0473. The Labute approximate surface area is 159 Å². The number of ether oxygens (including phenoxy) is 1. The monoisotopic (exact) mass is 363 g/mol. The highest BCUT2D eigenvalue weighted by atomic mass is 16.5. The lowest BCUT2D eigenvalue weighted by atomic mass is 9.90. The Morgan fingerprint density at radius 1 is 0.815 bits per heavy atom. The van der Waals surface area contributed by atoms with E-state index in [1.807, 2.05) is 58.9 Å². The number of rotatable bonds is 4. The van der Waals surface area contributed by atoms with Crippen molar-refractivity contribution in [2.24, 2.45) is 0 Å². The molecule has 3 aromatic rings. The molecule has 0 atom stereocenters. The number of ketones is 1. The van der Waals surface area contributed by atoms with Crippen molar-refractivity contribution < 1.29 is 14.3 Å². The summed E-state index contributed by atoms with van der Waals surface area (Å²) in [7, 11) is 0. The van der Waals surface area contributed by atoms with Gasteiger partial charge in [-0.15, -0.1) is 0 Å². The predicted molar refractivity (Wildman–Crippen MR) is 108 cm³/mol. The number of nitrogens with one attached hydrogen (secondary N) is 1. The lowest BCUT2D eigenvalue weighted by Gasteiger charge is -2.17. The number of benzene rings is 2. The number of aromatic amines is 1. The molecule has 0 bridgehead atoms. The van der Waals surface area contributed by atoms with Gasteiger partial charge in [0.1, 0.15) is 0 Å². The van der Waals surface area contributed by atoms with Crippen molar-refractivity contribution in [3.05, 3.63) is 68.9 Å². The van der Waals surface area contributed by atoms with E-state index in [0.29, 0.717) is 11.1 Å². The molecule has 0 aliphatic heterocycles. The molecular formula is C23H25NO3. The normalized spacial score (nSPS) is 11.0. The fraction of sp³-hybridized carbons (Fsp3) is 0.304. The minimum atomic E-state index is -0.443. The first kappa shape index (κ1) is 18.9. The summed E-state index contributed by atoms with van der Waals surface area (Å²) in [6.07, 6.45) is 0. The highest BCUT2D eigenvalue weighted by Crippen LogP contribution is 2.27. The number of H-pyrrole nitrogens is 1. The number of fused-ring (bicyclic) bond motifs is 1. The number of esters is 1. The van der Waals surface area contributed by atoms with Crippen LogP contribution in [0.5, 0.6) is 0 Å². The Morgan fingerprint density at radius 3 is 2.00 bits per heavy atom. The number of hydrogen-bond acceptors (Lipinski definition) is 3. The first-order chi connectivity index (χ1) is 12.7. The smallest absolute Gasteiger partial charge is 0.339 e. The molecule has 4 heteroatoms. The number of hydrogen-bond donors (Lipinski definition) is 1. The molecule has 0 aliphatic rings. The van der Waals surface area contributed by atoms with E-state index in [-0.39, 0.29) is 12.4 Å². The third kappa shape index (κ3) is 3.16. The first-order valence-corrected chi connectivity index (χ1v) is 9.08. The van der Waals surface area contributed by atoms with Gasteiger partial charge in [0, 0.05) is 22.2 Å². The molecule has 3 rings (SSSR count). The molecule has 1 N–H and O–H groups in total. The summed E-state index contributed by atoms with van der Waals surface area (Å²) in [6.45, 7) is 11.5. The molecule has 0 aliphatic carbocycles. The maximum Gasteiger partial charge on any atom is 0.339 e. The van der Waals surface area contributed by atoms with Crippen LogP contribution in [-0.4, -0.2) is 23.3 Å². The van der Waals surface area contributed by atoms with Gasteiger partial charge in [0.05, 0.1) is 5.56 Å². The summed E-state index contributed by atoms with van der Waals surface area (Å²) in [4.78, 5) is 28.7. The summed E-state index contributed by atoms with van der Waals surface area (Å²) in [6, 6.07) is 7.63. The van der Waals surface area contributed by atoms with Gasteiger partial charge < -0.3 is 9.72 Å². The van der Waals surface area contributed by atoms with Crippen LogP contribution in [0.4, 0.5) is 0 Å². The molecule has 4 nitrogen and oxygen atoms in total. The Balaban J connectivity index is 1.86. The summed E-state index contributed by atoms with van der Waals surface area (Å²) >= 11 is 0. The van der Waals surface area contributed by atoms with Crippen LogP contribution >= 0.6 is 0 Å². The third-order valence-electron chi connectivity index (χ3n) is 5.71. The van der Waals surface area contributed by atoms with Crippen LogP contribution in [-0.2, 0) is 4.74 Å². The molecule has 0 unspecified atom stereocenters. The average Bonchev–Trinajstić information content (AvgIpc) is 2.98. The molecule has 1 heterocycles. The quantitative estimate of drug-likeness (QED) is 0.521. The van der Waals surface area contributed by atoms with E-state index in [4.69, 9.17) is 4.74 Å². The molecule has 2 aromatic carbocycles. The van der Waals surface area contributed by atoms with Crippen molar-refractivity contribution in [1.82, 2.24) is 4.98 Å². The van der Waals surface area contributed by atoms with Crippen molar-refractivity contribution in [2.45, 2.75) is 41.5 Å². The molecule has 0 fully saturated rings. The number of aromatic nitrogens is 1. The minimum Gasteiger partial charge on any atom is -0.454 e. The Bertz CT molecular complexity index is 1040. The first-order valence-electron chi connectivity index (χ1n) is 9.08. The molecule has 0 saturated carbocycles. The lowest BCUT2D eigenvalue weighted by Crippen LogP contribution is -2.17. The number of aryl methyl sites for hydroxylation is 1. The van der Waals surface area contributed by atoms with Crippen LogP contribution in [0, 0.1) is 41.5 Å². The zero-order chi connectivity index (χ0) is 19.9. The molecule has 0 amide bonds. The van der Waals surface area contributed by atoms with E-state index < -0.39 is 5.97 Å². The Morgan fingerprint density at radius 2 is 1.37 bits per heavy atom. The molecule has 0 radical (unpaired) electrons. The van der Waals surface area contributed by atoms with Crippen LogP contribution < -0.4 is 0 Å². The van der Waals surface area contributed by atoms with Gasteiger partial charge >= 0.3 is 5.97 Å². The number of Topliss-reactive ketones (excluding diaryl/α,β-unsaturated/α-hetero) is 1. The van der Waals surface area contributed by atoms with Gasteiger partial charge in [-0.05, 0) is 75.4 Å². The van der Waals surface area contributed by atoms with Gasteiger partial charge in [0.15, 0.2) is 6.61 Å². The number of carbonyl (C=O) groups excluding carboxylic acids is 2. The van der Waals surface area contributed by atoms with Crippen molar-refractivity contribution in [1.29, 1.82) is 0 Å². The Kier molecular flexibility index (Phi) is 4.92. The molecular weight excluding hydrogens is 338 g/mol. The van der Waals surface area contributed by atoms with Crippen molar-refractivity contribution in [2.75, 3.05) is 6.61 Å². The number of para-hydroxylation sites is 1. The van der Waals surface area contributed by atoms with Gasteiger partial charge in [0.25, 0.3) is 0 Å². The van der Waals surface area contributed by atoms with Gasteiger partial charge in [-0.3, -0.25) is 4.79 Å². The molecule has 140 valence electrons. The van der Waals surface area contributed by atoms with Crippen LogP contribution in [0.25, 0.3) is 10.9 Å². The summed E-state index contributed by atoms with van der Waals surface area (Å²) in [5.41, 5.74) is 8.03. The molecule has 1 aromatic heterocycles. The second kappa shape index (κ2) is 7.03. The Hall–Kier alpha value is -2.88. The van der Waals surface area contributed by atoms with Gasteiger partial charge in [-0.25, -0.2) is 4.79 Å². The van der Waals surface area contributed by atoms with E-state index >= 15 is 0 Å². The largest absolute Gasteiger partial charge is 0.454 e. The predicted octanol–water partition coefficient (Wildman–Crippen LogP) is 5.06. The van der Waals surface area contributed by atoms with E-state index in [9.17, 15) is 9.59 Å². The molecule has 27 heavy (non-hydrogen) atoms. The van der Waals surface area contributed by atoms with E-state index in [0.717, 1.165) is 38.9 Å². The highest BCUT2D eigenvalue weighted by Gasteiger charge is 2.22. The maximum atomic E-state index is 12.7. The van der Waals surface area contributed by atoms with Crippen molar-refractivity contribution >= 4 is 22.7 Å². The van der Waals surface area contributed by atoms with Crippen LogP contribution in [0.1, 0.15) is 54.2 Å². The minimum absolute atomic E-state index is 0.200. The van der Waals surface area contributed by atoms with Gasteiger partial charge in [0.2, 0.25) is 5.78 Å². The van der Waals surface area contributed by atoms with Gasteiger partial charge in [-0.2, -0.15) is 0 Å². The van der Waals surface area contributed by atoms with E-state index in [2.05, 4.69) is 11.9 Å². The fourth-order valence-electron chi connectivity index (χ4n) is 3.72. The summed E-state index contributed by atoms with van der Waals surface area (Å²) in [5.74, 6) is -0.642. The zero-order valence-electron chi connectivity index (χ0n) is 16.7. The van der Waals surface area contributed by atoms with E-state index in [1.54, 1.807) is 0 Å². The fourth-order valence-corrected chi connectivity index (χ4v) is 3.72. The summed E-state index contributed by atoms with van der Waals surface area (Å²) in [5, 5.41) is 0.852. The van der Waals surface area contributed by atoms with Crippen LogP contribution in [0.15, 0.2) is 24.3 Å². The average molecular weight is 363 g/mol. The SMILES string of the molecule is Cc1[nH]c2ccccc2c1C(=O)COC(=O)c1c(C)c(C)c(C)c(C)c1C. The molecule has 0 spiro atoms. The van der Waals surface area contributed by atoms with Crippen molar-refractivity contribution in [3.63, 3.8) is 0 Å². The third-order valence-corrected chi connectivity index (χ3v) is 5.71. The maximum absolute atomic E-state index is 12.7. The topological polar surface area (TPSA) is 59.2 Å². The van der Waals surface area contributed by atoms with E-state index in [1.165, 1.54) is 5.56 Å². The highest BCUT2D eigenvalue weighted by molar-refractivity contribution is 6.10. The van der Waals surface area contributed by atoms with Crippen LogP contribution in [0.3, 0.4) is 0 Å². The van der Waals surface area contributed by atoms with Crippen molar-refractivity contribution in [3.8, 4) is 0 Å². The zero-order valence-corrected chi connectivity index (χ0v) is 16.7. The molecule has 0 saturated heterocycles. The summed E-state index contributed by atoms with van der Waals surface area (Å²) < 4.78 is 5.43.